The van der Waals surface area contributed by atoms with Crippen molar-refractivity contribution in [2.24, 2.45) is 0 Å². The average molecular weight is 678 g/mol. The van der Waals surface area contributed by atoms with E-state index in [0.29, 0.717) is 23.4 Å². The molecule has 3 aromatic carbocycles. The molecule has 47 heavy (non-hydrogen) atoms. The maximum absolute atomic E-state index is 14.0. The molecule has 0 spiro atoms. The van der Waals surface area contributed by atoms with Gasteiger partial charge >= 0.3 is 10.2 Å². The third-order valence-corrected chi connectivity index (χ3v) is 11.1. The van der Waals surface area contributed by atoms with Crippen molar-refractivity contribution >= 4 is 49.0 Å². The number of hydrogen-bond donors (Lipinski definition) is 1. The van der Waals surface area contributed by atoms with Gasteiger partial charge in [-0.05, 0) is 53.6 Å². The molecule has 1 N–H and O–H groups in total. The van der Waals surface area contributed by atoms with Crippen LogP contribution in [0.1, 0.15) is 21.5 Å². The fourth-order valence-corrected chi connectivity index (χ4v) is 7.10. The normalized spacial score (nSPS) is 15.5. The van der Waals surface area contributed by atoms with Crippen LogP contribution >= 0.6 is 0 Å². The van der Waals surface area contributed by atoms with Gasteiger partial charge in [-0.25, -0.2) is 13.1 Å². The second kappa shape index (κ2) is 12.6. The number of nitrogens with zero attached hydrogens (tertiary/aromatic N) is 4. The molecule has 1 fully saturated rings. The third-order valence-electron chi connectivity index (χ3n) is 8.34. The van der Waals surface area contributed by atoms with Gasteiger partial charge in [0.15, 0.2) is 0 Å². The molecule has 0 saturated carbocycles. The quantitative estimate of drug-likeness (QED) is 0.303. The number of piperazine rings is 1. The fraction of sp³-hybridized carbons (Fsp3) is 0.273. The highest BCUT2D eigenvalue weighted by molar-refractivity contribution is 7.88. The minimum atomic E-state index is -4.01. The van der Waals surface area contributed by atoms with Gasteiger partial charge in [-0.2, -0.15) is 17.0 Å². The predicted octanol–water partition coefficient (Wildman–Crippen LogP) is 2.92. The summed E-state index contributed by atoms with van der Waals surface area (Å²) in [5, 5.41) is 0.804. The van der Waals surface area contributed by atoms with E-state index in [2.05, 4.69) is 4.72 Å². The van der Waals surface area contributed by atoms with Crippen LogP contribution in [0.15, 0.2) is 78.4 Å². The minimum absolute atomic E-state index is 0.145. The summed E-state index contributed by atoms with van der Waals surface area (Å²) in [5.41, 5.74) is 4.70. The van der Waals surface area contributed by atoms with Crippen LogP contribution in [0.25, 0.3) is 28.2 Å². The van der Waals surface area contributed by atoms with E-state index in [4.69, 9.17) is 4.74 Å². The van der Waals surface area contributed by atoms with Crippen LogP contribution < -0.4 is 9.46 Å². The highest BCUT2D eigenvalue weighted by Crippen LogP contribution is 2.37. The first-order valence-electron chi connectivity index (χ1n) is 14.9. The van der Waals surface area contributed by atoms with Gasteiger partial charge < -0.3 is 14.2 Å². The van der Waals surface area contributed by atoms with Crippen LogP contribution in [0.3, 0.4) is 0 Å². The molecular formula is C33H35N5O7S2. The van der Waals surface area contributed by atoms with Gasteiger partial charge in [-0.3, -0.25) is 9.59 Å². The smallest absolute Gasteiger partial charge is 0.303 e. The van der Waals surface area contributed by atoms with E-state index in [1.54, 1.807) is 23.1 Å². The van der Waals surface area contributed by atoms with Crippen molar-refractivity contribution in [1.29, 1.82) is 0 Å². The summed E-state index contributed by atoms with van der Waals surface area (Å²) in [6.45, 7) is 1.45. The molecule has 0 unspecified atom stereocenters. The number of carbonyl (C=O) groups excluding carboxylic acids is 2. The highest BCUT2D eigenvalue weighted by atomic mass is 32.2. The Hall–Kier alpha value is -4.50. The number of rotatable bonds is 8. The van der Waals surface area contributed by atoms with Crippen LogP contribution in [-0.4, -0.2) is 93.3 Å². The lowest BCUT2D eigenvalue weighted by atomic mass is 10.0. The highest BCUT2D eigenvalue weighted by Gasteiger charge is 2.30. The molecule has 2 amide bonds. The Balaban J connectivity index is 1.39. The van der Waals surface area contributed by atoms with Crippen LogP contribution in [0, 0.1) is 0 Å². The van der Waals surface area contributed by atoms with Gasteiger partial charge in [0, 0.05) is 67.9 Å². The van der Waals surface area contributed by atoms with Crippen LogP contribution in [0.4, 0.5) is 0 Å². The summed E-state index contributed by atoms with van der Waals surface area (Å²) in [4.78, 5) is 28.7. The molecule has 3 heterocycles. The van der Waals surface area contributed by atoms with E-state index >= 15 is 0 Å². The molecule has 2 aliphatic rings. The second-order valence-electron chi connectivity index (χ2n) is 11.8. The molecule has 0 aliphatic carbocycles. The summed E-state index contributed by atoms with van der Waals surface area (Å²) in [6.07, 6.45) is 3.00. The number of aromatic nitrogens is 1. The lowest BCUT2D eigenvalue weighted by molar-refractivity contribution is -0.128. The number of carbonyl (C=O) groups is 2. The first-order chi connectivity index (χ1) is 22.3. The van der Waals surface area contributed by atoms with Crippen LogP contribution in [-0.2, 0) is 38.2 Å². The van der Waals surface area contributed by atoms with Gasteiger partial charge in [0.25, 0.3) is 11.8 Å². The third kappa shape index (κ3) is 6.81. The van der Waals surface area contributed by atoms with Crippen LogP contribution in [0.5, 0.6) is 5.75 Å². The molecule has 0 atom stereocenters. The summed E-state index contributed by atoms with van der Waals surface area (Å²) >= 11 is 0. The molecule has 0 radical (unpaired) electrons. The van der Waals surface area contributed by atoms with Gasteiger partial charge in [0.05, 0.1) is 18.5 Å². The van der Waals surface area contributed by atoms with E-state index in [-0.39, 0.29) is 44.2 Å². The Labute approximate surface area is 274 Å². The van der Waals surface area contributed by atoms with Crippen molar-refractivity contribution in [2.75, 3.05) is 46.5 Å². The maximum atomic E-state index is 14.0. The molecule has 12 nitrogen and oxygen atoms in total. The standard InChI is InChI=1S/C33H35N5O7S2/c1-35(2)47(43,44)34-32(39)25-10-9-24-19-31-29-12-11-28(45-22-23-7-5-4-6-8-23)18-26(29)17-27(21-38(31)30(24)20-25)33(40)36-13-15-37(16-14-36)46(3,41)42/h4-12,17-20H,13-16,21-22H2,1-3H3,(H,34,39). The van der Waals surface area contributed by atoms with E-state index in [1.165, 1.54) is 18.4 Å². The Morgan fingerprint density at radius 3 is 2.30 bits per heavy atom. The van der Waals surface area contributed by atoms with Crippen molar-refractivity contribution in [1.82, 2.24) is 22.8 Å². The minimum Gasteiger partial charge on any atom is -0.489 e. The summed E-state index contributed by atoms with van der Waals surface area (Å²) in [7, 11) is -4.72. The Morgan fingerprint density at radius 2 is 1.62 bits per heavy atom. The van der Waals surface area contributed by atoms with Gasteiger partial charge in [-0.1, -0.05) is 36.4 Å². The Morgan fingerprint density at radius 1 is 0.894 bits per heavy atom. The van der Waals surface area contributed by atoms with Crippen LogP contribution in [0.2, 0.25) is 0 Å². The van der Waals surface area contributed by atoms with Crippen molar-refractivity contribution in [3.63, 3.8) is 0 Å². The molecule has 14 heteroatoms. The zero-order valence-corrected chi connectivity index (χ0v) is 27.8. The topological polar surface area (TPSA) is 138 Å². The second-order valence-corrected chi connectivity index (χ2v) is 15.6. The van der Waals surface area contributed by atoms with E-state index < -0.39 is 26.1 Å². The first-order valence-corrected chi connectivity index (χ1v) is 18.2. The zero-order valence-electron chi connectivity index (χ0n) is 26.2. The first kappa shape index (κ1) is 32.4. The molecule has 1 aromatic heterocycles. The van der Waals surface area contributed by atoms with Gasteiger partial charge in [0.2, 0.25) is 10.0 Å². The summed E-state index contributed by atoms with van der Waals surface area (Å²) in [5.74, 6) is -0.371. The number of hydrogen-bond acceptors (Lipinski definition) is 7. The largest absolute Gasteiger partial charge is 0.489 e. The Kier molecular flexibility index (Phi) is 8.70. The number of benzene rings is 3. The molecule has 246 valence electrons. The molecule has 4 aromatic rings. The average Bonchev–Trinajstić information content (AvgIpc) is 3.31. The van der Waals surface area contributed by atoms with Crippen molar-refractivity contribution in [3.05, 3.63) is 95.1 Å². The fourth-order valence-electron chi connectivity index (χ4n) is 5.74. The number of ether oxygens (including phenoxy) is 1. The van der Waals surface area contributed by atoms with Crippen molar-refractivity contribution in [2.45, 2.75) is 13.2 Å². The van der Waals surface area contributed by atoms with Gasteiger partial charge in [-0.15, -0.1) is 0 Å². The molecular weight excluding hydrogens is 643 g/mol. The van der Waals surface area contributed by atoms with Crippen molar-refractivity contribution in [3.8, 4) is 17.0 Å². The molecule has 2 aliphatic heterocycles. The summed E-state index contributed by atoms with van der Waals surface area (Å²) in [6, 6.07) is 22.4. The van der Waals surface area contributed by atoms with Gasteiger partial charge in [0.1, 0.15) is 12.4 Å². The maximum Gasteiger partial charge on any atom is 0.303 e. The van der Waals surface area contributed by atoms with E-state index in [9.17, 15) is 26.4 Å². The monoisotopic (exact) mass is 677 g/mol. The summed E-state index contributed by atoms with van der Waals surface area (Å²) < 4.78 is 61.2. The van der Waals surface area contributed by atoms with E-state index in [1.807, 2.05) is 65.2 Å². The number of nitrogens with one attached hydrogen (secondary N) is 1. The number of amides is 2. The predicted molar refractivity (Wildman–Crippen MR) is 179 cm³/mol. The molecule has 0 bridgehead atoms. The van der Waals surface area contributed by atoms with E-state index in [0.717, 1.165) is 38.3 Å². The lowest BCUT2D eigenvalue weighted by Crippen LogP contribution is -2.50. The SMILES string of the molecule is CN(C)S(=O)(=O)NC(=O)c1ccc2cc3n(c2c1)CC(C(=O)N1CCN(S(C)(=O)=O)CC1)=Cc1cc(OCc2ccccc2)ccc1-3. The zero-order chi connectivity index (χ0) is 33.5. The molecule has 6 rings (SSSR count). The van der Waals surface area contributed by atoms with Crippen molar-refractivity contribution < 1.29 is 31.2 Å². The Bertz CT molecular complexity index is 2120. The number of fused-ring (bicyclic) bond motifs is 5. The number of sulfonamides is 1. The molecule has 1 saturated heterocycles. The lowest BCUT2D eigenvalue weighted by Gasteiger charge is -2.33.